The smallest absolute Gasteiger partial charge is 0.330 e. The Hall–Kier alpha value is -3.81. The van der Waals surface area contributed by atoms with Crippen molar-refractivity contribution in [2.24, 2.45) is 0 Å². The minimum Gasteiger partial charge on any atom is -0.496 e. The van der Waals surface area contributed by atoms with E-state index in [0.717, 1.165) is 5.56 Å². The molecule has 8 nitrogen and oxygen atoms in total. The number of carbonyl (C=O) groups is 1. The molecule has 1 amide bonds. The van der Waals surface area contributed by atoms with Gasteiger partial charge in [-0.05, 0) is 18.6 Å². The van der Waals surface area contributed by atoms with E-state index >= 15 is 0 Å². The Morgan fingerprint density at radius 2 is 1.77 bits per heavy atom. The molecule has 0 aliphatic rings. The van der Waals surface area contributed by atoms with Gasteiger partial charge in [0.15, 0.2) is 5.69 Å². The maximum atomic E-state index is 13.0. The van der Waals surface area contributed by atoms with Gasteiger partial charge in [0.2, 0.25) is 5.91 Å². The zero-order chi connectivity index (χ0) is 21.7. The highest BCUT2D eigenvalue weighted by Crippen LogP contribution is 2.22. The summed E-state index contributed by atoms with van der Waals surface area (Å²) in [6.07, 6.45) is 0.0224. The maximum Gasteiger partial charge on any atom is 0.330 e. The Morgan fingerprint density at radius 1 is 1.10 bits per heavy atom. The summed E-state index contributed by atoms with van der Waals surface area (Å²) in [5, 5.41) is 0. The molecule has 0 saturated carbocycles. The number of carbonyl (C=O) groups excluding carboxylic acids is 1. The third-order valence-corrected chi connectivity index (χ3v) is 4.82. The van der Waals surface area contributed by atoms with Crippen LogP contribution in [-0.2, 0) is 17.8 Å². The standard InChI is InChI=1S/C22H24N4O4/c1-3-25(18(27)13-16-11-7-8-12-17(16)30-2)19-20(23)26(22(29)24-21(19)28)14-15-9-5-4-6-10-15/h4-12H,3,13-14,23H2,1-2H3,(H,24,28,29). The average molecular weight is 408 g/mol. The second-order valence-corrected chi connectivity index (χ2v) is 6.69. The van der Waals surface area contributed by atoms with Crippen LogP contribution in [0, 0.1) is 0 Å². The number of benzene rings is 2. The van der Waals surface area contributed by atoms with Gasteiger partial charge in [-0.15, -0.1) is 0 Å². The number of nitrogens with one attached hydrogen (secondary N) is 1. The highest BCUT2D eigenvalue weighted by Gasteiger charge is 2.24. The van der Waals surface area contributed by atoms with Crippen molar-refractivity contribution in [3.8, 4) is 5.75 Å². The summed E-state index contributed by atoms with van der Waals surface area (Å²) in [5.41, 5.74) is 6.39. The van der Waals surface area contributed by atoms with Crippen LogP contribution in [-0.4, -0.2) is 29.1 Å². The second kappa shape index (κ2) is 9.13. The molecule has 0 unspecified atom stereocenters. The van der Waals surface area contributed by atoms with E-state index in [2.05, 4.69) is 4.98 Å². The molecule has 0 aliphatic heterocycles. The van der Waals surface area contributed by atoms with Crippen LogP contribution in [0.4, 0.5) is 11.5 Å². The third kappa shape index (κ3) is 4.27. The monoisotopic (exact) mass is 408 g/mol. The summed E-state index contributed by atoms with van der Waals surface area (Å²) in [6.45, 7) is 2.13. The molecule has 1 heterocycles. The molecular formula is C22H24N4O4. The lowest BCUT2D eigenvalue weighted by Crippen LogP contribution is -2.41. The first-order valence-electron chi connectivity index (χ1n) is 9.55. The van der Waals surface area contributed by atoms with Gasteiger partial charge in [-0.25, -0.2) is 4.79 Å². The number of anilines is 2. The molecule has 3 aromatic rings. The molecule has 0 fully saturated rings. The number of nitrogens with zero attached hydrogens (tertiary/aromatic N) is 2. The number of hydrogen-bond acceptors (Lipinski definition) is 5. The number of amides is 1. The number of ether oxygens (including phenoxy) is 1. The number of nitrogen functional groups attached to an aromatic ring is 1. The van der Waals surface area contributed by atoms with Crippen LogP contribution in [0.1, 0.15) is 18.1 Å². The minimum absolute atomic E-state index is 0.0224. The van der Waals surface area contributed by atoms with Gasteiger partial charge in [0.25, 0.3) is 5.56 Å². The van der Waals surface area contributed by atoms with Crippen LogP contribution in [0.25, 0.3) is 0 Å². The van der Waals surface area contributed by atoms with E-state index in [1.54, 1.807) is 19.1 Å². The molecule has 0 bridgehead atoms. The molecule has 1 aromatic heterocycles. The van der Waals surface area contributed by atoms with Gasteiger partial charge in [0, 0.05) is 12.1 Å². The number of aromatic nitrogens is 2. The van der Waals surface area contributed by atoms with E-state index in [0.29, 0.717) is 11.3 Å². The van der Waals surface area contributed by atoms with Gasteiger partial charge in [-0.1, -0.05) is 48.5 Å². The van der Waals surface area contributed by atoms with Gasteiger partial charge in [0.05, 0.1) is 20.1 Å². The van der Waals surface area contributed by atoms with Crippen LogP contribution in [0.2, 0.25) is 0 Å². The lowest BCUT2D eigenvalue weighted by molar-refractivity contribution is -0.118. The van der Waals surface area contributed by atoms with Crippen molar-refractivity contribution in [3.05, 3.63) is 86.6 Å². The van der Waals surface area contributed by atoms with Crippen LogP contribution in [0.15, 0.2) is 64.2 Å². The summed E-state index contributed by atoms with van der Waals surface area (Å²) in [6, 6.07) is 16.4. The Bertz CT molecular complexity index is 1150. The molecule has 156 valence electrons. The maximum absolute atomic E-state index is 13.0. The first-order chi connectivity index (χ1) is 14.5. The minimum atomic E-state index is -0.697. The van der Waals surface area contributed by atoms with Gasteiger partial charge in [-0.2, -0.15) is 0 Å². The first kappa shape index (κ1) is 20.9. The Labute approximate surface area is 173 Å². The molecule has 30 heavy (non-hydrogen) atoms. The number of nitrogens with two attached hydrogens (primary N) is 1. The van der Waals surface area contributed by atoms with E-state index in [-0.39, 0.29) is 36.9 Å². The Balaban J connectivity index is 1.99. The van der Waals surface area contributed by atoms with Gasteiger partial charge >= 0.3 is 5.69 Å². The number of para-hydroxylation sites is 1. The van der Waals surface area contributed by atoms with Crippen molar-refractivity contribution < 1.29 is 9.53 Å². The Morgan fingerprint density at radius 3 is 2.43 bits per heavy atom. The van der Waals surface area contributed by atoms with Crippen LogP contribution in [0.5, 0.6) is 5.75 Å². The van der Waals surface area contributed by atoms with E-state index < -0.39 is 11.2 Å². The molecule has 8 heteroatoms. The molecule has 3 rings (SSSR count). The average Bonchev–Trinajstić information content (AvgIpc) is 2.75. The van der Waals surface area contributed by atoms with Gasteiger partial charge in [-0.3, -0.25) is 19.1 Å². The fourth-order valence-corrected chi connectivity index (χ4v) is 3.33. The Kier molecular flexibility index (Phi) is 6.36. The lowest BCUT2D eigenvalue weighted by Gasteiger charge is -2.23. The number of hydrogen-bond donors (Lipinski definition) is 2. The highest BCUT2D eigenvalue weighted by atomic mass is 16.5. The predicted molar refractivity (Wildman–Crippen MR) is 116 cm³/mol. The van der Waals surface area contributed by atoms with Crippen molar-refractivity contribution in [1.29, 1.82) is 0 Å². The van der Waals surface area contributed by atoms with E-state index in [9.17, 15) is 14.4 Å². The fourth-order valence-electron chi connectivity index (χ4n) is 3.33. The number of rotatable bonds is 7. The lowest BCUT2D eigenvalue weighted by atomic mass is 10.1. The van der Waals surface area contributed by atoms with Crippen molar-refractivity contribution in [2.45, 2.75) is 19.9 Å². The van der Waals surface area contributed by atoms with Crippen LogP contribution < -0.4 is 26.6 Å². The molecule has 0 saturated heterocycles. The molecule has 0 radical (unpaired) electrons. The van der Waals surface area contributed by atoms with Crippen LogP contribution in [0.3, 0.4) is 0 Å². The summed E-state index contributed by atoms with van der Waals surface area (Å²) in [5.74, 6) is 0.199. The summed E-state index contributed by atoms with van der Waals surface area (Å²) in [7, 11) is 1.53. The normalized spacial score (nSPS) is 10.6. The van der Waals surface area contributed by atoms with E-state index in [1.807, 2.05) is 42.5 Å². The molecule has 0 spiro atoms. The zero-order valence-corrected chi connectivity index (χ0v) is 16.9. The molecule has 2 aromatic carbocycles. The number of H-pyrrole nitrogens is 1. The largest absolute Gasteiger partial charge is 0.496 e. The molecular weight excluding hydrogens is 384 g/mol. The van der Waals surface area contributed by atoms with E-state index in [1.165, 1.54) is 16.6 Å². The van der Waals surface area contributed by atoms with Crippen molar-refractivity contribution in [3.63, 3.8) is 0 Å². The van der Waals surface area contributed by atoms with Crippen LogP contribution >= 0.6 is 0 Å². The molecule has 0 aliphatic carbocycles. The topological polar surface area (TPSA) is 110 Å². The fraction of sp³-hybridized carbons (Fsp3) is 0.227. The first-order valence-corrected chi connectivity index (χ1v) is 9.55. The van der Waals surface area contributed by atoms with Gasteiger partial charge < -0.3 is 15.4 Å². The summed E-state index contributed by atoms with van der Waals surface area (Å²) < 4.78 is 6.56. The predicted octanol–water partition coefficient (Wildman–Crippen LogP) is 1.77. The van der Waals surface area contributed by atoms with Crippen molar-refractivity contribution >= 4 is 17.4 Å². The molecule has 0 atom stereocenters. The summed E-state index contributed by atoms with van der Waals surface area (Å²) in [4.78, 5) is 41.6. The van der Waals surface area contributed by atoms with E-state index in [4.69, 9.17) is 10.5 Å². The highest BCUT2D eigenvalue weighted by molar-refractivity contribution is 5.97. The second-order valence-electron chi connectivity index (χ2n) is 6.69. The number of likely N-dealkylation sites (N-methyl/N-ethyl adjacent to an activating group) is 1. The zero-order valence-electron chi connectivity index (χ0n) is 16.9. The third-order valence-electron chi connectivity index (χ3n) is 4.82. The number of aromatic amines is 1. The van der Waals surface area contributed by atoms with Crippen molar-refractivity contribution in [1.82, 2.24) is 9.55 Å². The van der Waals surface area contributed by atoms with Crippen molar-refractivity contribution in [2.75, 3.05) is 24.3 Å². The van der Waals surface area contributed by atoms with Gasteiger partial charge in [0.1, 0.15) is 11.6 Å². The SMILES string of the molecule is CCN(C(=O)Cc1ccccc1OC)c1c(N)n(Cc2ccccc2)c(=O)[nH]c1=O. The quantitative estimate of drug-likeness (QED) is 0.619. The molecule has 3 N–H and O–H groups in total. The number of methoxy groups -OCH3 is 1. The summed E-state index contributed by atoms with van der Waals surface area (Å²) >= 11 is 0.